The van der Waals surface area contributed by atoms with Crippen LogP contribution in [0, 0.1) is 0 Å². The summed E-state index contributed by atoms with van der Waals surface area (Å²) in [5.74, 6) is -0.164. The van der Waals surface area contributed by atoms with Crippen molar-refractivity contribution in [2.24, 2.45) is 0 Å². The number of ketones is 1. The molecule has 0 unspecified atom stereocenters. The maximum Gasteiger partial charge on any atom is 0.198 e. The molecule has 0 aliphatic heterocycles. The maximum atomic E-state index is 11.7. The standard InChI is InChI=1S/C11H9NO2/c13-10-4-2-1-3-9(10)11(14)8-5-6-12-7-8/h1-7,12-13H. The van der Waals surface area contributed by atoms with Gasteiger partial charge in [-0.3, -0.25) is 4.79 Å². The number of hydrogen-bond acceptors (Lipinski definition) is 2. The SMILES string of the molecule is O=C(c1cc[nH]c1)c1ccccc1O. The van der Waals surface area contributed by atoms with Crippen molar-refractivity contribution in [2.75, 3.05) is 0 Å². The van der Waals surface area contributed by atoms with Crippen LogP contribution < -0.4 is 0 Å². The second kappa shape index (κ2) is 3.38. The molecule has 0 amide bonds. The average molecular weight is 187 g/mol. The summed E-state index contributed by atoms with van der Waals surface area (Å²) in [6, 6.07) is 8.18. The Morgan fingerprint density at radius 3 is 2.64 bits per heavy atom. The number of benzene rings is 1. The van der Waals surface area contributed by atoms with E-state index in [0.717, 1.165) is 0 Å². The molecule has 0 bridgehead atoms. The zero-order valence-electron chi connectivity index (χ0n) is 7.40. The molecule has 70 valence electrons. The normalized spacial score (nSPS) is 10.0. The fraction of sp³-hybridized carbons (Fsp3) is 0. The van der Waals surface area contributed by atoms with Gasteiger partial charge >= 0.3 is 0 Å². The van der Waals surface area contributed by atoms with Crippen LogP contribution in [-0.2, 0) is 0 Å². The lowest BCUT2D eigenvalue weighted by molar-refractivity contribution is 0.103. The first-order valence-corrected chi connectivity index (χ1v) is 4.24. The topological polar surface area (TPSA) is 53.1 Å². The van der Waals surface area contributed by atoms with Crippen molar-refractivity contribution < 1.29 is 9.90 Å². The summed E-state index contributed by atoms with van der Waals surface area (Å²) in [6.07, 6.45) is 3.28. The molecule has 0 saturated heterocycles. The zero-order chi connectivity index (χ0) is 9.97. The van der Waals surface area contributed by atoms with Gasteiger partial charge in [-0.25, -0.2) is 0 Å². The third-order valence-corrected chi connectivity index (χ3v) is 2.01. The molecule has 0 fully saturated rings. The summed E-state index contributed by atoms with van der Waals surface area (Å²) in [6.45, 7) is 0. The Labute approximate surface area is 81.0 Å². The first-order valence-electron chi connectivity index (χ1n) is 4.24. The van der Waals surface area contributed by atoms with Gasteiger partial charge < -0.3 is 10.1 Å². The number of nitrogens with one attached hydrogen (secondary N) is 1. The fourth-order valence-corrected chi connectivity index (χ4v) is 1.29. The highest BCUT2D eigenvalue weighted by atomic mass is 16.3. The number of carbonyl (C=O) groups is 1. The molecule has 14 heavy (non-hydrogen) atoms. The second-order valence-electron chi connectivity index (χ2n) is 2.95. The van der Waals surface area contributed by atoms with Crippen molar-refractivity contribution in [3.8, 4) is 5.75 Å². The third kappa shape index (κ3) is 1.40. The fourth-order valence-electron chi connectivity index (χ4n) is 1.29. The number of aromatic nitrogens is 1. The molecule has 2 rings (SSSR count). The predicted molar refractivity (Wildman–Crippen MR) is 52.3 cm³/mol. The number of carbonyl (C=O) groups excluding carboxylic acids is 1. The zero-order valence-corrected chi connectivity index (χ0v) is 7.40. The summed E-state index contributed by atoms with van der Waals surface area (Å²) in [4.78, 5) is 14.5. The van der Waals surface area contributed by atoms with E-state index in [1.807, 2.05) is 0 Å². The van der Waals surface area contributed by atoms with Gasteiger partial charge in [0.2, 0.25) is 0 Å². The van der Waals surface area contributed by atoms with Gasteiger partial charge in [0, 0.05) is 18.0 Å². The van der Waals surface area contributed by atoms with Gasteiger partial charge in [-0.1, -0.05) is 12.1 Å². The Bertz CT molecular complexity index is 446. The van der Waals surface area contributed by atoms with Crippen molar-refractivity contribution in [3.05, 3.63) is 53.9 Å². The van der Waals surface area contributed by atoms with E-state index >= 15 is 0 Å². The lowest BCUT2D eigenvalue weighted by Crippen LogP contribution is -1.99. The lowest BCUT2D eigenvalue weighted by Gasteiger charge is -2.00. The summed E-state index contributed by atoms with van der Waals surface area (Å²) in [5, 5.41) is 9.45. The van der Waals surface area contributed by atoms with Gasteiger partial charge in [0.1, 0.15) is 5.75 Å². The quantitative estimate of drug-likeness (QED) is 0.706. The van der Waals surface area contributed by atoms with Crippen LogP contribution in [0.2, 0.25) is 0 Å². The van der Waals surface area contributed by atoms with Crippen LogP contribution in [0.1, 0.15) is 15.9 Å². The minimum Gasteiger partial charge on any atom is -0.507 e. The highest BCUT2D eigenvalue weighted by Crippen LogP contribution is 2.19. The summed E-state index contributed by atoms with van der Waals surface area (Å²) in [7, 11) is 0. The lowest BCUT2D eigenvalue weighted by atomic mass is 10.1. The molecule has 2 N–H and O–H groups in total. The van der Waals surface area contributed by atoms with Crippen molar-refractivity contribution in [1.29, 1.82) is 0 Å². The van der Waals surface area contributed by atoms with Crippen molar-refractivity contribution in [2.45, 2.75) is 0 Å². The van der Waals surface area contributed by atoms with E-state index in [0.29, 0.717) is 11.1 Å². The first kappa shape index (κ1) is 8.56. The predicted octanol–water partition coefficient (Wildman–Crippen LogP) is 1.95. The largest absolute Gasteiger partial charge is 0.507 e. The molecule has 1 heterocycles. The third-order valence-electron chi connectivity index (χ3n) is 2.01. The number of aromatic amines is 1. The summed E-state index contributed by atoms with van der Waals surface area (Å²) in [5.41, 5.74) is 0.874. The smallest absolute Gasteiger partial charge is 0.198 e. The van der Waals surface area contributed by atoms with Crippen molar-refractivity contribution in [3.63, 3.8) is 0 Å². The van der Waals surface area contributed by atoms with E-state index in [2.05, 4.69) is 4.98 Å². The molecule has 0 saturated carbocycles. The van der Waals surface area contributed by atoms with Crippen LogP contribution in [0.3, 0.4) is 0 Å². The van der Waals surface area contributed by atoms with Gasteiger partial charge in [0.25, 0.3) is 0 Å². The Hall–Kier alpha value is -2.03. The molecule has 0 radical (unpaired) electrons. The van der Waals surface area contributed by atoms with E-state index in [-0.39, 0.29) is 11.5 Å². The molecular formula is C11H9NO2. The first-order chi connectivity index (χ1) is 6.79. The van der Waals surface area contributed by atoms with E-state index in [9.17, 15) is 9.90 Å². The molecule has 1 aromatic heterocycles. The molecule has 2 aromatic rings. The summed E-state index contributed by atoms with van der Waals surface area (Å²) < 4.78 is 0. The van der Waals surface area contributed by atoms with E-state index in [1.54, 1.807) is 36.7 Å². The Morgan fingerprint density at radius 1 is 1.21 bits per heavy atom. The molecule has 3 nitrogen and oxygen atoms in total. The van der Waals surface area contributed by atoms with Crippen LogP contribution in [0.25, 0.3) is 0 Å². The molecule has 0 atom stereocenters. The van der Waals surface area contributed by atoms with Gasteiger partial charge in [-0.15, -0.1) is 0 Å². The molecule has 1 aromatic carbocycles. The Balaban J connectivity index is 2.42. The van der Waals surface area contributed by atoms with Crippen molar-refractivity contribution in [1.82, 2.24) is 4.98 Å². The molecule has 3 heteroatoms. The number of phenolic OH excluding ortho intramolecular Hbond substituents is 1. The number of rotatable bonds is 2. The highest BCUT2D eigenvalue weighted by molar-refractivity contribution is 6.10. The van der Waals surface area contributed by atoms with Gasteiger partial charge in [0.05, 0.1) is 5.56 Å². The minimum atomic E-state index is -0.177. The monoisotopic (exact) mass is 187 g/mol. The van der Waals surface area contributed by atoms with Crippen LogP contribution >= 0.6 is 0 Å². The minimum absolute atomic E-state index is 0.0127. The summed E-state index contributed by atoms with van der Waals surface area (Å²) >= 11 is 0. The highest BCUT2D eigenvalue weighted by Gasteiger charge is 2.12. The van der Waals surface area contributed by atoms with E-state index < -0.39 is 0 Å². The molecular weight excluding hydrogens is 178 g/mol. The number of aromatic hydroxyl groups is 1. The second-order valence-corrected chi connectivity index (χ2v) is 2.95. The van der Waals surface area contributed by atoms with Crippen LogP contribution in [0.15, 0.2) is 42.7 Å². The number of H-pyrrole nitrogens is 1. The number of para-hydroxylation sites is 1. The Morgan fingerprint density at radius 2 is 2.00 bits per heavy atom. The average Bonchev–Trinajstić information content (AvgIpc) is 2.70. The maximum absolute atomic E-state index is 11.7. The number of hydrogen-bond donors (Lipinski definition) is 2. The van der Waals surface area contributed by atoms with Crippen LogP contribution in [0.4, 0.5) is 0 Å². The molecule has 0 spiro atoms. The van der Waals surface area contributed by atoms with E-state index in [1.165, 1.54) is 6.07 Å². The van der Waals surface area contributed by atoms with Gasteiger partial charge in [-0.05, 0) is 18.2 Å². The molecule has 0 aliphatic rings. The van der Waals surface area contributed by atoms with Crippen molar-refractivity contribution >= 4 is 5.78 Å². The van der Waals surface area contributed by atoms with Crippen LogP contribution in [-0.4, -0.2) is 15.9 Å². The van der Waals surface area contributed by atoms with Gasteiger partial charge in [-0.2, -0.15) is 0 Å². The molecule has 0 aliphatic carbocycles. The Kier molecular flexibility index (Phi) is 2.07. The van der Waals surface area contributed by atoms with Crippen LogP contribution in [0.5, 0.6) is 5.75 Å². The number of phenols is 1. The van der Waals surface area contributed by atoms with E-state index in [4.69, 9.17) is 0 Å². The van der Waals surface area contributed by atoms with Gasteiger partial charge in [0.15, 0.2) is 5.78 Å².